The molecule has 2 N–H and O–H groups in total. The third-order valence-corrected chi connectivity index (χ3v) is 9.35. The lowest BCUT2D eigenvalue weighted by molar-refractivity contribution is -0.181. The highest BCUT2D eigenvalue weighted by molar-refractivity contribution is 5.93. The van der Waals surface area contributed by atoms with Crippen LogP contribution in [0.15, 0.2) is 0 Å². The Bertz CT molecular complexity index is 733. The number of ketones is 2. The number of aliphatic hydroxyl groups excluding tert-OH is 1. The van der Waals surface area contributed by atoms with Crippen molar-refractivity contribution in [2.45, 2.75) is 83.8 Å². The van der Waals surface area contributed by atoms with Crippen molar-refractivity contribution in [3.05, 3.63) is 0 Å². The van der Waals surface area contributed by atoms with E-state index in [4.69, 9.17) is 4.74 Å². The van der Waals surface area contributed by atoms with Gasteiger partial charge in [0.2, 0.25) is 5.78 Å². The molecule has 0 amide bonds. The van der Waals surface area contributed by atoms with E-state index in [2.05, 4.69) is 6.92 Å². The summed E-state index contributed by atoms with van der Waals surface area (Å²) >= 11 is 0. The first-order valence-corrected chi connectivity index (χ1v) is 11.1. The molecule has 0 radical (unpaired) electrons. The molecule has 6 heteroatoms. The Morgan fingerprint density at radius 1 is 1.14 bits per heavy atom. The Kier molecular flexibility index (Phi) is 4.97. The van der Waals surface area contributed by atoms with Crippen molar-refractivity contribution in [3.63, 3.8) is 0 Å². The molecule has 0 saturated heterocycles. The van der Waals surface area contributed by atoms with E-state index in [0.29, 0.717) is 12.3 Å². The quantitative estimate of drug-likeness (QED) is 0.698. The van der Waals surface area contributed by atoms with E-state index in [9.17, 15) is 24.6 Å². The van der Waals surface area contributed by atoms with Gasteiger partial charge in [0.1, 0.15) is 11.4 Å². The standard InChI is InChI=1S/C23H34O6/c1-13(24)29-12-19(27)23(28)9-7-17-16-5-4-14-10-15(25)6-8-21(14,2)20(16)18(26)11-22(17,23)3/h14-17,20,25,28H,4-12H2,1-3H3/t14-,15?,16?,17?,20?,21+,22+,23-/m0/s1. The van der Waals surface area contributed by atoms with Gasteiger partial charge in [0.05, 0.1) is 6.10 Å². The largest absolute Gasteiger partial charge is 0.458 e. The second-order valence-electron chi connectivity index (χ2n) is 10.6. The number of aliphatic hydroxyl groups is 2. The maximum absolute atomic E-state index is 13.5. The van der Waals surface area contributed by atoms with Crippen molar-refractivity contribution in [3.8, 4) is 0 Å². The normalized spacial score (nSPS) is 49.0. The number of carbonyl (C=O) groups excluding carboxylic acids is 3. The van der Waals surface area contributed by atoms with Crippen molar-refractivity contribution in [1.82, 2.24) is 0 Å². The van der Waals surface area contributed by atoms with E-state index in [1.165, 1.54) is 6.92 Å². The summed E-state index contributed by atoms with van der Waals surface area (Å²) in [5, 5.41) is 21.6. The molecule has 0 aromatic carbocycles. The summed E-state index contributed by atoms with van der Waals surface area (Å²) in [5.74, 6) is -0.256. The molecule has 4 saturated carbocycles. The van der Waals surface area contributed by atoms with Crippen molar-refractivity contribution in [2.24, 2.45) is 34.5 Å². The van der Waals surface area contributed by atoms with Crippen LogP contribution in [0, 0.1) is 34.5 Å². The maximum Gasteiger partial charge on any atom is 0.303 e. The molecule has 0 spiro atoms. The smallest absolute Gasteiger partial charge is 0.303 e. The molecule has 29 heavy (non-hydrogen) atoms. The zero-order valence-corrected chi connectivity index (χ0v) is 17.8. The molecule has 0 heterocycles. The lowest BCUT2D eigenvalue weighted by atomic mass is 9.44. The molecule has 0 bridgehead atoms. The molecule has 4 unspecified atom stereocenters. The van der Waals surface area contributed by atoms with Gasteiger partial charge in [-0.1, -0.05) is 13.8 Å². The van der Waals surface area contributed by atoms with Gasteiger partial charge >= 0.3 is 5.97 Å². The highest BCUT2D eigenvalue weighted by Gasteiger charge is 2.69. The lowest BCUT2D eigenvalue weighted by Crippen LogP contribution is -2.62. The molecule has 0 aromatic heterocycles. The fourth-order valence-corrected chi connectivity index (χ4v) is 7.80. The van der Waals surface area contributed by atoms with Gasteiger partial charge in [-0.25, -0.2) is 0 Å². The first-order valence-electron chi connectivity index (χ1n) is 11.1. The number of rotatable bonds is 3. The molecular formula is C23H34O6. The lowest BCUT2D eigenvalue weighted by Gasteiger charge is -2.60. The summed E-state index contributed by atoms with van der Waals surface area (Å²) in [6.45, 7) is 4.93. The summed E-state index contributed by atoms with van der Waals surface area (Å²) in [5.41, 5.74) is -2.52. The molecule has 8 atom stereocenters. The van der Waals surface area contributed by atoms with Crippen LogP contribution in [0.5, 0.6) is 0 Å². The monoisotopic (exact) mass is 406 g/mol. The highest BCUT2D eigenvalue weighted by Crippen LogP contribution is 2.67. The van der Waals surface area contributed by atoms with E-state index >= 15 is 0 Å². The molecule has 4 fully saturated rings. The second-order valence-corrected chi connectivity index (χ2v) is 10.6. The van der Waals surface area contributed by atoms with Gasteiger partial charge in [0.25, 0.3) is 0 Å². The minimum atomic E-state index is -1.62. The number of Topliss-reactive ketones (excluding diaryl/α,β-unsaturated/α-hetero) is 2. The van der Waals surface area contributed by atoms with Gasteiger partial charge in [-0.05, 0) is 68.1 Å². The SMILES string of the molecule is CC(=O)OCC(=O)[C@@]1(O)CCC2C3CC[C@H]4CC(O)CC[C@@]4(C)C3C(=O)C[C@]21C. The Hall–Kier alpha value is -1.27. The van der Waals surface area contributed by atoms with Gasteiger partial charge in [-0.15, -0.1) is 0 Å². The molecule has 0 aromatic rings. The molecule has 4 aliphatic carbocycles. The van der Waals surface area contributed by atoms with Crippen LogP contribution in [-0.2, 0) is 19.1 Å². The van der Waals surface area contributed by atoms with Crippen molar-refractivity contribution in [2.75, 3.05) is 6.61 Å². The average Bonchev–Trinajstić information content (AvgIpc) is 2.91. The summed E-state index contributed by atoms with van der Waals surface area (Å²) in [7, 11) is 0. The van der Waals surface area contributed by atoms with Gasteiger partial charge < -0.3 is 14.9 Å². The summed E-state index contributed by atoms with van der Waals surface area (Å²) in [6.07, 6.45) is 5.28. The van der Waals surface area contributed by atoms with Crippen LogP contribution in [0.1, 0.15) is 72.1 Å². The van der Waals surface area contributed by atoms with Crippen molar-refractivity contribution < 1.29 is 29.3 Å². The number of hydrogen-bond donors (Lipinski definition) is 2. The predicted molar refractivity (Wildman–Crippen MR) is 105 cm³/mol. The van der Waals surface area contributed by atoms with Crippen LogP contribution in [0.2, 0.25) is 0 Å². The van der Waals surface area contributed by atoms with E-state index < -0.39 is 29.4 Å². The van der Waals surface area contributed by atoms with Gasteiger partial charge in [-0.2, -0.15) is 0 Å². The Balaban J connectivity index is 1.63. The fourth-order valence-electron chi connectivity index (χ4n) is 7.80. The first kappa shape index (κ1) is 21.0. The van der Waals surface area contributed by atoms with E-state index in [0.717, 1.165) is 38.5 Å². The van der Waals surface area contributed by atoms with Crippen LogP contribution in [0.4, 0.5) is 0 Å². The third-order valence-electron chi connectivity index (χ3n) is 9.35. The first-order chi connectivity index (χ1) is 13.5. The molecule has 6 nitrogen and oxygen atoms in total. The van der Waals surface area contributed by atoms with E-state index in [1.807, 2.05) is 6.92 Å². The Morgan fingerprint density at radius 2 is 1.86 bits per heavy atom. The van der Waals surface area contributed by atoms with E-state index in [-0.39, 0.29) is 41.5 Å². The second kappa shape index (κ2) is 6.88. The molecule has 4 aliphatic rings. The molecular weight excluding hydrogens is 372 g/mol. The van der Waals surface area contributed by atoms with Crippen LogP contribution in [0.25, 0.3) is 0 Å². The number of ether oxygens (including phenoxy) is 1. The molecule has 0 aliphatic heterocycles. The number of fused-ring (bicyclic) bond motifs is 5. The number of esters is 1. The fraction of sp³-hybridized carbons (Fsp3) is 0.870. The van der Waals surface area contributed by atoms with Crippen molar-refractivity contribution >= 4 is 17.5 Å². The van der Waals surface area contributed by atoms with Crippen molar-refractivity contribution in [1.29, 1.82) is 0 Å². The summed E-state index contributed by atoms with van der Waals surface area (Å²) in [4.78, 5) is 37.5. The minimum Gasteiger partial charge on any atom is -0.458 e. The zero-order chi connectivity index (χ0) is 21.2. The molecule has 162 valence electrons. The van der Waals surface area contributed by atoms with Gasteiger partial charge in [0.15, 0.2) is 6.61 Å². The zero-order valence-electron chi connectivity index (χ0n) is 17.8. The Morgan fingerprint density at radius 3 is 2.55 bits per heavy atom. The van der Waals surface area contributed by atoms with Crippen LogP contribution in [-0.4, -0.2) is 46.1 Å². The van der Waals surface area contributed by atoms with Gasteiger partial charge in [0, 0.05) is 24.7 Å². The third kappa shape index (κ3) is 2.93. The topological polar surface area (TPSA) is 101 Å². The average molecular weight is 407 g/mol. The number of carbonyl (C=O) groups is 3. The molecule has 4 rings (SSSR count). The maximum atomic E-state index is 13.5. The van der Waals surface area contributed by atoms with Gasteiger partial charge in [-0.3, -0.25) is 14.4 Å². The van der Waals surface area contributed by atoms with Crippen LogP contribution in [0.3, 0.4) is 0 Å². The predicted octanol–water partition coefficient (Wildman–Crippen LogP) is 2.43. The Labute approximate surface area is 172 Å². The summed E-state index contributed by atoms with van der Waals surface area (Å²) < 4.78 is 4.88. The highest BCUT2D eigenvalue weighted by atomic mass is 16.5. The minimum absolute atomic E-state index is 0.0438. The summed E-state index contributed by atoms with van der Waals surface area (Å²) in [6, 6.07) is 0. The van der Waals surface area contributed by atoms with Crippen LogP contribution >= 0.6 is 0 Å². The van der Waals surface area contributed by atoms with Crippen LogP contribution < -0.4 is 0 Å². The van der Waals surface area contributed by atoms with E-state index in [1.54, 1.807) is 0 Å². The number of hydrogen-bond acceptors (Lipinski definition) is 6.